The molecule has 0 rings (SSSR count). The first kappa shape index (κ1) is 17.7. The van der Waals surface area contributed by atoms with Crippen LogP contribution in [0.4, 0.5) is 4.79 Å². The van der Waals surface area contributed by atoms with E-state index in [0.717, 1.165) is 0 Å². The molecule has 0 aromatic rings. The van der Waals surface area contributed by atoms with Crippen LogP contribution >= 0.6 is 0 Å². The average molecular weight is 295 g/mol. The maximum atomic E-state index is 11.4. The number of rotatable bonds is 6. The lowest BCUT2D eigenvalue weighted by atomic mass is 10.2. The minimum atomic E-state index is -3.27. The number of hydrogen-bond acceptors (Lipinski definition) is 5. The molecule has 0 saturated carbocycles. The molecule has 1 unspecified atom stereocenters. The summed E-state index contributed by atoms with van der Waals surface area (Å²) >= 11 is 0. The molecule has 0 radical (unpaired) electrons. The number of carboxylic acids is 1. The van der Waals surface area contributed by atoms with Gasteiger partial charge in [-0.05, 0) is 27.2 Å². The normalized spacial score (nSPS) is 13.7. The molecule has 1 atom stereocenters. The van der Waals surface area contributed by atoms with Crippen molar-refractivity contribution in [3.8, 4) is 0 Å². The van der Waals surface area contributed by atoms with Gasteiger partial charge in [-0.25, -0.2) is 18.0 Å². The van der Waals surface area contributed by atoms with Crippen molar-refractivity contribution in [1.82, 2.24) is 5.32 Å². The van der Waals surface area contributed by atoms with Gasteiger partial charge in [-0.15, -0.1) is 0 Å². The number of alkyl carbamates (subject to hydrolysis) is 1. The van der Waals surface area contributed by atoms with Crippen molar-refractivity contribution in [2.45, 2.75) is 45.8 Å². The van der Waals surface area contributed by atoms with Gasteiger partial charge >= 0.3 is 12.1 Å². The van der Waals surface area contributed by atoms with Gasteiger partial charge in [0.05, 0.1) is 5.75 Å². The van der Waals surface area contributed by atoms with Gasteiger partial charge in [0, 0.05) is 5.75 Å². The Morgan fingerprint density at radius 2 is 1.84 bits per heavy atom. The van der Waals surface area contributed by atoms with Crippen LogP contribution in [0.25, 0.3) is 0 Å². The summed E-state index contributed by atoms with van der Waals surface area (Å²) in [5, 5.41) is 11.1. The lowest BCUT2D eigenvalue weighted by Gasteiger charge is -2.21. The van der Waals surface area contributed by atoms with Crippen LogP contribution in [-0.4, -0.2) is 48.7 Å². The van der Waals surface area contributed by atoms with Crippen LogP contribution in [-0.2, 0) is 19.4 Å². The van der Waals surface area contributed by atoms with Gasteiger partial charge in [0.15, 0.2) is 0 Å². The van der Waals surface area contributed by atoms with E-state index in [-0.39, 0.29) is 17.9 Å². The Hall–Kier alpha value is -1.31. The topological polar surface area (TPSA) is 110 Å². The van der Waals surface area contributed by atoms with Crippen LogP contribution in [0.2, 0.25) is 0 Å². The summed E-state index contributed by atoms with van der Waals surface area (Å²) < 4.78 is 27.5. The van der Waals surface area contributed by atoms with Crippen molar-refractivity contribution >= 4 is 21.9 Å². The predicted octanol–water partition coefficient (Wildman–Crippen LogP) is 0.789. The van der Waals surface area contributed by atoms with Crippen molar-refractivity contribution in [2.75, 3.05) is 11.5 Å². The van der Waals surface area contributed by atoms with Gasteiger partial charge in [-0.2, -0.15) is 0 Å². The Balaban J connectivity index is 4.52. The van der Waals surface area contributed by atoms with E-state index in [1.54, 1.807) is 20.8 Å². The molecule has 1 amide bonds. The second-order valence-corrected chi connectivity index (χ2v) is 7.53. The first-order chi connectivity index (χ1) is 8.47. The van der Waals surface area contributed by atoms with Crippen LogP contribution < -0.4 is 5.32 Å². The van der Waals surface area contributed by atoms with Crippen molar-refractivity contribution in [3.63, 3.8) is 0 Å². The first-order valence-corrected chi connectivity index (χ1v) is 7.71. The van der Waals surface area contributed by atoms with E-state index in [0.29, 0.717) is 0 Å². The van der Waals surface area contributed by atoms with Crippen molar-refractivity contribution in [2.24, 2.45) is 0 Å². The number of carbonyl (C=O) groups excluding carboxylic acids is 1. The first-order valence-electron chi connectivity index (χ1n) is 5.89. The maximum Gasteiger partial charge on any atom is 0.408 e. The van der Waals surface area contributed by atoms with Crippen LogP contribution in [0, 0.1) is 0 Å². The molecule has 7 nitrogen and oxygen atoms in total. The van der Waals surface area contributed by atoms with Crippen LogP contribution in [0.5, 0.6) is 0 Å². The van der Waals surface area contributed by atoms with Gasteiger partial charge in [-0.1, -0.05) is 6.92 Å². The quantitative estimate of drug-likeness (QED) is 0.749. The number of ether oxygens (including phenoxy) is 1. The number of aliphatic carboxylic acids is 1. The highest BCUT2D eigenvalue weighted by Crippen LogP contribution is 2.07. The van der Waals surface area contributed by atoms with Crippen molar-refractivity contribution < 1.29 is 27.9 Å². The Kier molecular flexibility index (Phi) is 6.28. The number of amides is 1. The van der Waals surface area contributed by atoms with Crippen LogP contribution in [0.3, 0.4) is 0 Å². The van der Waals surface area contributed by atoms with E-state index in [2.05, 4.69) is 5.32 Å². The highest BCUT2D eigenvalue weighted by Gasteiger charge is 2.25. The van der Waals surface area contributed by atoms with Crippen molar-refractivity contribution in [1.29, 1.82) is 0 Å². The maximum absolute atomic E-state index is 11.4. The summed E-state index contributed by atoms with van der Waals surface area (Å²) in [4.78, 5) is 22.4. The third-order valence-electron chi connectivity index (χ3n) is 2.15. The Bertz CT molecular complexity index is 423. The minimum Gasteiger partial charge on any atom is -0.480 e. The van der Waals surface area contributed by atoms with E-state index in [1.807, 2.05) is 0 Å². The monoisotopic (exact) mass is 295 g/mol. The fourth-order valence-corrected chi connectivity index (χ4v) is 2.03. The van der Waals surface area contributed by atoms with Gasteiger partial charge in [-0.3, -0.25) is 0 Å². The molecule has 0 heterocycles. The molecule has 112 valence electrons. The largest absolute Gasteiger partial charge is 0.480 e. The van der Waals surface area contributed by atoms with E-state index >= 15 is 0 Å². The molecular weight excluding hydrogens is 274 g/mol. The molecule has 0 saturated heterocycles. The predicted molar refractivity (Wildman–Crippen MR) is 69.7 cm³/mol. The zero-order valence-corrected chi connectivity index (χ0v) is 12.4. The summed E-state index contributed by atoms with van der Waals surface area (Å²) in [5.74, 6) is -1.65. The lowest BCUT2D eigenvalue weighted by Crippen LogP contribution is -2.44. The molecule has 0 fully saturated rings. The molecule has 0 aliphatic rings. The summed E-state index contributed by atoms with van der Waals surface area (Å²) in [6, 6.07) is -1.28. The van der Waals surface area contributed by atoms with Gasteiger partial charge in [0.25, 0.3) is 0 Å². The number of hydrogen-bond donors (Lipinski definition) is 2. The van der Waals surface area contributed by atoms with E-state index in [4.69, 9.17) is 9.84 Å². The summed E-state index contributed by atoms with van der Waals surface area (Å²) in [6.07, 6.45) is -1.07. The van der Waals surface area contributed by atoms with Crippen LogP contribution in [0.15, 0.2) is 0 Å². The van der Waals surface area contributed by atoms with E-state index in [9.17, 15) is 18.0 Å². The molecule has 0 aliphatic carbocycles. The molecule has 0 aromatic heterocycles. The lowest BCUT2D eigenvalue weighted by molar-refractivity contribution is -0.139. The van der Waals surface area contributed by atoms with Gasteiger partial charge in [0.1, 0.15) is 21.5 Å². The minimum absolute atomic E-state index is 0.0637. The molecule has 2 N–H and O–H groups in total. The summed E-state index contributed by atoms with van der Waals surface area (Å²) in [6.45, 7) is 6.41. The molecule has 0 spiro atoms. The number of sulfone groups is 1. The SMILES string of the molecule is CCS(=O)(=O)CCC(NC(=O)OC(C)(C)C)C(=O)O. The standard InChI is InChI=1S/C11H21NO6S/c1-5-19(16,17)7-6-8(9(13)14)12-10(15)18-11(2,3)4/h8H,5-7H2,1-4H3,(H,12,15)(H,13,14). The van der Waals surface area contributed by atoms with Gasteiger partial charge < -0.3 is 15.2 Å². The zero-order valence-electron chi connectivity index (χ0n) is 11.6. The molecular formula is C11H21NO6S. The molecule has 19 heavy (non-hydrogen) atoms. The van der Waals surface area contributed by atoms with E-state index in [1.165, 1.54) is 6.92 Å². The summed E-state index contributed by atoms with van der Waals surface area (Å²) in [7, 11) is -3.27. The molecule has 0 aliphatic heterocycles. The Morgan fingerprint density at radius 1 is 1.32 bits per heavy atom. The Morgan fingerprint density at radius 3 is 2.21 bits per heavy atom. The summed E-state index contributed by atoms with van der Waals surface area (Å²) in [5.41, 5.74) is -0.747. The molecule has 8 heteroatoms. The Labute approximate surface area is 113 Å². The molecule has 0 bridgehead atoms. The highest BCUT2D eigenvalue weighted by molar-refractivity contribution is 7.91. The third kappa shape index (κ3) is 8.41. The highest BCUT2D eigenvalue weighted by atomic mass is 32.2. The zero-order chi connectivity index (χ0) is 15.3. The smallest absolute Gasteiger partial charge is 0.408 e. The number of nitrogens with one attached hydrogen (secondary N) is 1. The van der Waals surface area contributed by atoms with E-state index < -0.39 is 33.5 Å². The van der Waals surface area contributed by atoms with Crippen molar-refractivity contribution in [3.05, 3.63) is 0 Å². The second-order valence-electron chi connectivity index (χ2n) is 5.06. The number of carboxylic acid groups (broad SMARTS) is 1. The van der Waals surface area contributed by atoms with Gasteiger partial charge in [0.2, 0.25) is 0 Å². The molecule has 0 aromatic carbocycles. The number of carbonyl (C=O) groups is 2. The fraction of sp³-hybridized carbons (Fsp3) is 0.818. The average Bonchev–Trinajstić information content (AvgIpc) is 2.21. The van der Waals surface area contributed by atoms with Crippen LogP contribution in [0.1, 0.15) is 34.1 Å². The fourth-order valence-electron chi connectivity index (χ4n) is 1.15. The third-order valence-corrected chi connectivity index (χ3v) is 3.88. The second kappa shape index (κ2) is 6.74.